The molecule has 1 aromatic carbocycles. The molecule has 2 aromatic rings. The first kappa shape index (κ1) is 14.5. The highest BCUT2D eigenvalue weighted by molar-refractivity contribution is 5.85. The minimum atomic E-state index is 0. The van der Waals surface area contributed by atoms with E-state index in [0.717, 1.165) is 11.3 Å². The summed E-state index contributed by atoms with van der Waals surface area (Å²) in [5.41, 5.74) is 6.56. The molecule has 5 nitrogen and oxygen atoms in total. The van der Waals surface area contributed by atoms with Crippen molar-refractivity contribution in [2.75, 3.05) is 7.11 Å². The first-order valence-corrected chi connectivity index (χ1v) is 5.41. The zero-order valence-corrected chi connectivity index (χ0v) is 11.1. The maximum Gasteiger partial charge on any atom is 0.228 e. The molecule has 0 radical (unpaired) electrons. The first-order valence-electron chi connectivity index (χ1n) is 5.41. The predicted molar refractivity (Wildman–Crippen MR) is 70.9 cm³/mol. The molecule has 2 rings (SSSR count). The van der Waals surface area contributed by atoms with E-state index in [1.165, 1.54) is 0 Å². The predicted octanol–water partition coefficient (Wildman–Crippen LogP) is 2.06. The molecule has 0 fully saturated rings. The topological polar surface area (TPSA) is 74.2 Å². The molecular formula is C12H16ClN3O2. The number of nitrogens with two attached hydrogens (primary N) is 1. The minimum Gasteiger partial charge on any atom is -0.497 e. The van der Waals surface area contributed by atoms with E-state index in [0.29, 0.717) is 18.1 Å². The van der Waals surface area contributed by atoms with Gasteiger partial charge in [-0.15, -0.1) is 12.4 Å². The summed E-state index contributed by atoms with van der Waals surface area (Å²) in [4.78, 5) is 4.28. The molecule has 6 heteroatoms. The van der Waals surface area contributed by atoms with Crippen molar-refractivity contribution in [2.24, 2.45) is 5.73 Å². The van der Waals surface area contributed by atoms with E-state index < -0.39 is 0 Å². The fourth-order valence-electron chi connectivity index (χ4n) is 1.47. The van der Waals surface area contributed by atoms with Crippen LogP contribution in [0.3, 0.4) is 0 Å². The van der Waals surface area contributed by atoms with Gasteiger partial charge in [-0.05, 0) is 31.2 Å². The maximum atomic E-state index is 5.67. The van der Waals surface area contributed by atoms with Crippen LogP contribution in [0.5, 0.6) is 5.75 Å². The first-order chi connectivity index (χ1) is 8.19. The standard InChI is InChI=1S/C12H15N3O2.ClH/c1-8(13)7-11-14-12(15-17-11)9-3-5-10(16-2)6-4-9;/h3-6,8H,7,13H2,1-2H3;1H. The number of benzene rings is 1. The second kappa shape index (κ2) is 6.37. The van der Waals surface area contributed by atoms with Gasteiger partial charge in [0.1, 0.15) is 5.75 Å². The van der Waals surface area contributed by atoms with Crippen molar-refractivity contribution >= 4 is 12.4 Å². The van der Waals surface area contributed by atoms with Gasteiger partial charge in [0.2, 0.25) is 11.7 Å². The number of halogens is 1. The highest BCUT2D eigenvalue weighted by Crippen LogP contribution is 2.19. The van der Waals surface area contributed by atoms with Gasteiger partial charge < -0.3 is 15.0 Å². The molecule has 98 valence electrons. The fraction of sp³-hybridized carbons (Fsp3) is 0.333. The van der Waals surface area contributed by atoms with Crippen molar-refractivity contribution in [2.45, 2.75) is 19.4 Å². The summed E-state index contributed by atoms with van der Waals surface area (Å²) >= 11 is 0. The lowest BCUT2D eigenvalue weighted by Crippen LogP contribution is -2.17. The van der Waals surface area contributed by atoms with E-state index in [2.05, 4.69) is 10.1 Å². The highest BCUT2D eigenvalue weighted by Gasteiger charge is 2.09. The Hall–Kier alpha value is -1.59. The summed E-state index contributed by atoms with van der Waals surface area (Å²) in [6.45, 7) is 1.90. The zero-order valence-electron chi connectivity index (χ0n) is 10.3. The smallest absolute Gasteiger partial charge is 0.228 e. The van der Waals surface area contributed by atoms with E-state index in [4.69, 9.17) is 15.0 Å². The fourth-order valence-corrected chi connectivity index (χ4v) is 1.47. The molecule has 0 aliphatic carbocycles. The van der Waals surface area contributed by atoms with Crippen LogP contribution in [0.25, 0.3) is 11.4 Å². The lowest BCUT2D eigenvalue weighted by Gasteiger charge is -1.99. The molecule has 1 aromatic heterocycles. The SMILES string of the molecule is COc1ccc(-c2noc(CC(C)N)n2)cc1.Cl. The van der Waals surface area contributed by atoms with Crippen LogP contribution in [0.2, 0.25) is 0 Å². The molecule has 18 heavy (non-hydrogen) atoms. The van der Waals surface area contributed by atoms with Crippen molar-refractivity contribution in [3.63, 3.8) is 0 Å². The summed E-state index contributed by atoms with van der Waals surface area (Å²) < 4.78 is 10.2. The largest absolute Gasteiger partial charge is 0.497 e. The Morgan fingerprint density at radius 1 is 1.33 bits per heavy atom. The van der Waals surface area contributed by atoms with Crippen molar-refractivity contribution in [3.05, 3.63) is 30.2 Å². The van der Waals surface area contributed by atoms with Gasteiger partial charge in [0.15, 0.2) is 0 Å². The molecule has 1 heterocycles. The number of hydrogen-bond acceptors (Lipinski definition) is 5. The second-order valence-corrected chi connectivity index (χ2v) is 3.92. The van der Waals surface area contributed by atoms with Crippen LogP contribution in [0, 0.1) is 0 Å². The molecule has 2 N–H and O–H groups in total. The van der Waals surface area contributed by atoms with E-state index in [1.54, 1.807) is 7.11 Å². The summed E-state index contributed by atoms with van der Waals surface area (Å²) in [6.07, 6.45) is 0.586. The van der Waals surface area contributed by atoms with Gasteiger partial charge in [-0.2, -0.15) is 4.98 Å². The van der Waals surface area contributed by atoms with Gasteiger partial charge in [-0.1, -0.05) is 5.16 Å². The molecule has 0 spiro atoms. The Labute approximate surface area is 112 Å². The van der Waals surface area contributed by atoms with Crippen LogP contribution in [0.15, 0.2) is 28.8 Å². The monoisotopic (exact) mass is 269 g/mol. The molecule has 0 bridgehead atoms. The van der Waals surface area contributed by atoms with E-state index in [1.807, 2.05) is 31.2 Å². The Morgan fingerprint density at radius 2 is 2.00 bits per heavy atom. The lowest BCUT2D eigenvalue weighted by molar-refractivity contribution is 0.372. The molecule has 0 aliphatic heterocycles. The van der Waals surface area contributed by atoms with Crippen molar-refractivity contribution in [3.8, 4) is 17.1 Å². The van der Waals surface area contributed by atoms with Crippen LogP contribution in [-0.2, 0) is 6.42 Å². The molecular weight excluding hydrogens is 254 g/mol. The van der Waals surface area contributed by atoms with Gasteiger partial charge >= 0.3 is 0 Å². The van der Waals surface area contributed by atoms with Crippen LogP contribution < -0.4 is 10.5 Å². The van der Waals surface area contributed by atoms with Crippen molar-refractivity contribution in [1.29, 1.82) is 0 Å². The molecule has 0 saturated heterocycles. The average molecular weight is 270 g/mol. The van der Waals surface area contributed by atoms with Crippen LogP contribution in [-0.4, -0.2) is 23.3 Å². The second-order valence-electron chi connectivity index (χ2n) is 3.92. The van der Waals surface area contributed by atoms with Crippen LogP contribution >= 0.6 is 12.4 Å². The number of rotatable bonds is 4. The zero-order chi connectivity index (χ0) is 12.3. The summed E-state index contributed by atoms with van der Waals surface area (Å²) in [6, 6.07) is 7.51. The summed E-state index contributed by atoms with van der Waals surface area (Å²) in [7, 11) is 1.63. The number of aromatic nitrogens is 2. The third-order valence-corrected chi connectivity index (χ3v) is 2.31. The van der Waals surface area contributed by atoms with Gasteiger partial charge in [0.25, 0.3) is 0 Å². The molecule has 0 aliphatic rings. The Kier molecular flexibility index (Phi) is 5.12. The number of hydrogen-bond donors (Lipinski definition) is 1. The van der Waals surface area contributed by atoms with Crippen LogP contribution in [0.4, 0.5) is 0 Å². The Morgan fingerprint density at radius 3 is 2.56 bits per heavy atom. The minimum absolute atomic E-state index is 0. The molecule has 0 amide bonds. The number of methoxy groups -OCH3 is 1. The maximum absolute atomic E-state index is 5.67. The van der Waals surface area contributed by atoms with Gasteiger partial charge in [0.05, 0.1) is 7.11 Å². The third kappa shape index (κ3) is 3.45. The third-order valence-electron chi connectivity index (χ3n) is 2.31. The molecule has 1 atom stereocenters. The van der Waals surface area contributed by atoms with Gasteiger partial charge in [-0.3, -0.25) is 0 Å². The van der Waals surface area contributed by atoms with Gasteiger partial charge in [-0.25, -0.2) is 0 Å². The Bertz CT molecular complexity index is 482. The highest BCUT2D eigenvalue weighted by atomic mass is 35.5. The number of nitrogens with zero attached hydrogens (tertiary/aromatic N) is 2. The molecule has 1 unspecified atom stereocenters. The number of ether oxygens (including phenoxy) is 1. The van der Waals surface area contributed by atoms with E-state index in [-0.39, 0.29) is 18.4 Å². The summed E-state index contributed by atoms with van der Waals surface area (Å²) in [5.74, 6) is 1.93. The van der Waals surface area contributed by atoms with Crippen molar-refractivity contribution in [1.82, 2.24) is 10.1 Å². The van der Waals surface area contributed by atoms with E-state index >= 15 is 0 Å². The summed E-state index contributed by atoms with van der Waals surface area (Å²) in [5, 5.41) is 3.91. The van der Waals surface area contributed by atoms with E-state index in [9.17, 15) is 0 Å². The lowest BCUT2D eigenvalue weighted by atomic mass is 10.2. The quantitative estimate of drug-likeness (QED) is 0.920. The normalized spacial score (nSPS) is 11.7. The Balaban J connectivity index is 0.00000162. The average Bonchev–Trinajstić information content (AvgIpc) is 2.77. The van der Waals surface area contributed by atoms with Crippen molar-refractivity contribution < 1.29 is 9.26 Å². The van der Waals surface area contributed by atoms with Crippen LogP contribution in [0.1, 0.15) is 12.8 Å². The molecule has 0 saturated carbocycles. The van der Waals surface area contributed by atoms with Gasteiger partial charge in [0, 0.05) is 18.0 Å².